The second-order valence-corrected chi connectivity index (χ2v) is 3.91. The van der Waals surface area contributed by atoms with Crippen molar-refractivity contribution in [3.05, 3.63) is 0 Å². The Kier molecular flexibility index (Phi) is 4.08. The molecule has 1 N–H and O–H groups in total. The van der Waals surface area contributed by atoms with Crippen LogP contribution in [-0.2, 0) is 14.3 Å². The van der Waals surface area contributed by atoms with Gasteiger partial charge in [-0.05, 0) is 19.9 Å². The molecule has 0 aromatic heterocycles. The Labute approximate surface area is 89.8 Å². The van der Waals surface area contributed by atoms with E-state index < -0.39 is 0 Å². The lowest BCUT2D eigenvalue weighted by atomic mass is 10.0. The maximum Gasteiger partial charge on any atom is 0.325 e. The van der Waals surface area contributed by atoms with Crippen LogP contribution in [0.3, 0.4) is 0 Å². The number of hydrogen-bond acceptors (Lipinski definition) is 4. The summed E-state index contributed by atoms with van der Waals surface area (Å²) < 4.78 is 4.51. The Morgan fingerprint density at radius 3 is 2.67 bits per heavy atom. The SMILES string of the molecule is COC(=O)CN(C)C(=O)C1CCNC1C. The summed E-state index contributed by atoms with van der Waals surface area (Å²) in [6.45, 7) is 2.88. The first-order valence-corrected chi connectivity index (χ1v) is 5.11. The summed E-state index contributed by atoms with van der Waals surface area (Å²) in [5, 5.41) is 3.21. The largest absolute Gasteiger partial charge is 0.468 e. The molecule has 1 saturated heterocycles. The topological polar surface area (TPSA) is 58.6 Å². The maximum atomic E-state index is 11.9. The standard InChI is InChI=1S/C10H18N2O3/c1-7-8(4-5-11-7)10(14)12(2)6-9(13)15-3/h7-8,11H,4-6H2,1-3H3. The molecule has 1 fully saturated rings. The maximum absolute atomic E-state index is 11.9. The lowest BCUT2D eigenvalue weighted by Crippen LogP contribution is -2.40. The molecule has 0 bridgehead atoms. The molecule has 1 heterocycles. The molecule has 15 heavy (non-hydrogen) atoms. The van der Waals surface area contributed by atoms with Gasteiger partial charge in [-0.3, -0.25) is 9.59 Å². The molecule has 0 radical (unpaired) electrons. The molecule has 0 spiro atoms. The van der Waals surface area contributed by atoms with Crippen molar-refractivity contribution in [1.29, 1.82) is 0 Å². The lowest BCUT2D eigenvalue weighted by Gasteiger charge is -2.21. The van der Waals surface area contributed by atoms with Crippen molar-refractivity contribution in [3.8, 4) is 0 Å². The summed E-state index contributed by atoms with van der Waals surface area (Å²) >= 11 is 0. The number of ether oxygens (including phenoxy) is 1. The summed E-state index contributed by atoms with van der Waals surface area (Å²) in [5.41, 5.74) is 0. The van der Waals surface area contributed by atoms with Gasteiger partial charge in [-0.2, -0.15) is 0 Å². The molecule has 1 amide bonds. The van der Waals surface area contributed by atoms with Gasteiger partial charge in [-0.15, -0.1) is 0 Å². The zero-order valence-corrected chi connectivity index (χ0v) is 9.45. The summed E-state index contributed by atoms with van der Waals surface area (Å²) in [5.74, 6) is -0.387. The Morgan fingerprint density at radius 1 is 1.53 bits per heavy atom. The summed E-state index contributed by atoms with van der Waals surface area (Å²) in [4.78, 5) is 24.3. The van der Waals surface area contributed by atoms with Crippen LogP contribution < -0.4 is 5.32 Å². The number of amides is 1. The van der Waals surface area contributed by atoms with E-state index in [1.54, 1.807) is 7.05 Å². The van der Waals surface area contributed by atoms with E-state index in [-0.39, 0.29) is 30.4 Å². The Morgan fingerprint density at radius 2 is 2.20 bits per heavy atom. The smallest absolute Gasteiger partial charge is 0.325 e. The van der Waals surface area contributed by atoms with Crippen molar-refractivity contribution < 1.29 is 14.3 Å². The molecule has 0 aromatic carbocycles. The van der Waals surface area contributed by atoms with Crippen LogP contribution in [-0.4, -0.2) is 50.1 Å². The van der Waals surface area contributed by atoms with Crippen LogP contribution >= 0.6 is 0 Å². The summed E-state index contributed by atoms with van der Waals surface area (Å²) in [7, 11) is 2.95. The van der Waals surface area contributed by atoms with Gasteiger partial charge in [-0.1, -0.05) is 0 Å². The summed E-state index contributed by atoms with van der Waals surface area (Å²) in [6, 6.07) is 0.192. The highest BCUT2D eigenvalue weighted by Gasteiger charge is 2.31. The number of methoxy groups -OCH3 is 1. The molecule has 0 aliphatic carbocycles. The molecular formula is C10H18N2O3. The van der Waals surface area contributed by atoms with Crippen LogP contribution in [0.1, 0.15) is 13.3 Å². The number of esters is 1. The van der Waals surface area contributed by atoms with Gasteiger partial charge in [0, 0.05) is 13.1 Å². The second-order valence-electron chi connectivity index (χ2n) is 3.91. The minimum Gasteiger partial charge on any atom is -0.468 e. The van der Waals surface area contributed by atoms with Crippen LogP contribution in [0.4, 0.5) is 0 Å². The van der Waals surface area contributed by atoms with Gasteiger partial charge in [0.2, 0.25) is 5.91 Å². The molecule has 0 aromatic rings. The minimum absolute atomic E-state index is 0.0119. The van der Waals surface area contributed by atoms with Gasteiger partial charge in [0.05, 0.1) is 13.0 Å². The van der Waals surface area contributed by atoms with Gasteiger partial charge >= 0.3 is 5.97 Å². The number of carbonyl (C=O) groups excluding carboxylic acids is 2. The molecule has 1 rings (SSSR count). The number of likely N-dealkylation sites (N-methyl/N-ethyl adjacent to an activating group) is 1. The molecule has 86 valence electrons. The fourth-order valence-electron chi connectivity index (χ4n) is 1.82. The molecule has 2 unspecified atom stereocenters. The highest BCUT2D eigenvalue weighted by Crippen LogP contribution is 2.17. The number of nitrogens with zero attached hydrogens (tertiary/aromatic N) is 1. The van der Waals surface area contributed by atoms with Crippen molar-refractivity contribution in [2.45, 2.75) is 19.4 Å². The number of hydrogen-bond donors (Lipinski definition) is 1. The average Bonchev–Trinajstić information content (AvgIpc) is 2.63. The van der Waals surface area contributed by atoms with Crippen molar-refractivity contribution in [2.75, 3.05) is 27.2 Å². The van der Waals surface area contributed by atoms with Crippen LogP contribution in [0, 0.1) is 5.92 Å². The van der Waals surface area contributed by atoms with Gasteiger partial charge in [0.1, 0.15) is 6.54 Å². The first-order valence-electron chi connectivity index (χ1n) is 5.11. The molecule has 5 heteroatoms. The van der Waals surface area contributed by atoms with E-state index in [9.17, 15) is 9.59 Å². The first kappa shape index (κ1) is 12.0. The number of carbonyl (C=O) groups is 2. The minimum atomic E-state index is -0.385. The third-order valence-electron chi connectivity index (χ3n) is 2.81. The quantitative estimate of drug-likeness (QED) is 0.650. The van der Waals surface area contributed by atoms with E-state index in [1.807, 2.05) is 6.92 Å². The van der Waals surface area contributed by atoms with Crippen molar-refractivity contribution in [3.63, 3.8) is 0 Å². The van der Waals surface area contributed by atoms with E-state index in [4.69, 9.17) is 0 Å². The zero-order chi connectivity index (χ0) is 11.4. The van der Waals surface area contributed by atoms with Crippen LogP contribution in [0.15, 0.2) is 0 Å². The summed E-state index contributed by atoms with van der Waals surface area (Å²) in [6.07, 6.45) is 0.839. The van der Waals surface area contributed by atoms with Gasteiger partial charge < -0.3 is 15.0 Å². The predicted molar refractivity (Wildman–Crippen MR) is 55.2 cm³/mol. The Balaban J connectivity index is 2.48. The highest BCUT2D eigenvalue weighted by atomic mass is 16.5. The van der Waals surface area contributed by atoms with Crippen molar-refractivity contribution in [2.24, 2.45) is 5.92 Å². The fourth-order valence-corrected chi connectivity index (χ4v) is 1.82. The fraction of sp³-hybridized carbons (Fsp3) is 0.800. The predicted octanol–water partition coefficient (Wildman–Crippen LogP) is -0.384. The average molecular weight is 214 g/mol. The van der Waals surface area contributed by atoms with E-state index in [2.05, 4.69) is 10.1 Å². The van der Waals surface area contributed by atoms with Crippen molar-refractivity contribution >= 4 is 11.9 Å². The van der Waals surface area contributed by atoms with Gasteiger partial charge in [-0.25, -0.2) is 0 Å². The monoisotopic (exact) mass is 214 g/mol. The van der Waals surface area contributed by atoms with Crippen LogP contribution in [0.25, 0.3) is 0 Å². The molecule has 5 nitrogen and oxygen atoms in total. The zero-order valence-electron chi connectivity index (χ0n) is 9.45. The number of rotatable bonds is 3. The molecular weight excluding hydrogens is 196 g/mol. The lowest BCUT2D eigenvalue weighted by molar-refractivity contribution is -0.147. The van der Waals surface area contributed by atoms with Crippen LogP contribution in [0.2, 0.25) is 0 Å². The van der Waals surface area contributed by atoms with E-state index >= 15 is 0 Å². The third kappa shape index (κ3) is 2.92. The molecule has 1 aliphatic rings. The Bertz CT molecular complexity index is 255. The van der Waals surface area contributed by atoms with Gasteiger partial charge in [0.15, 0.2) is 0 Å². The normalized spacial score (nSPS) is 25.0. The highest BCUT2D eigenvalue weighted by molar-refractivity contribution is 5.84. The molecule has 0 saturated carbocycles. The number of nitrogens with one attached hydrogen (secondary N) is 1. The molecule has 2 atom stereocenters. The van der Waals surface area contributed by atoms with Crippen LogP contribution in [0.5, 0.6) is 0 Å². The van der Waals surface area contributed by atoms with Gasteiger partial charge in [0.25, 0.3) is 0 Å². The molecule has 1 aliphatic heterocycles. The van der Waals surface area contributed by atoms with E-state index in [0.29, 0.717) is 0 Å². The third-order valence-corrected chi connectivity index (χ3v) is 2.81. The first-order chi connectivity index (χ1) is 7.06. The van der Waals surface area contributed by atoms with E-state index in [0.717, 1.165) is 13.0 Å². The van der Waals surface area contributed by atoms with Crippen molar-refractivity contribution in [1.82, 2.24) is 10.2 Å². The second kappa shape index (κ2) is 5.11. The van der Waals surface area contributed by atoms with E-state index in [1.165, 1.54) is 12.0 Å². The Hall–Kier alpha value is -1.10.